The van der Waals surface area contributed by atoms with Crippen molar-refractivity contribution < 1.29 is 56.1 Å². The summed E-state index contributed by atoms with van der Waals surface area (Å²) in [4.78, 5) is 63.4. The fourth-order valence-corrected chi connectivity index (χ4v) is 4.05. The van der Waals surface area contributed by atoms with Crippen molar-refractivity contribution in [3.63, 3.8) is 0 Å². The normalized spacial score (nSPS) is 15.9. The number of ketones is 2. The number of aliphatic carboxylic acids is 1. The third-order valence-electron chi connectivity index (χ3n) is 5.98. The van der Waals surface area contributed by atoms with Gasteiger partial charge < -0.3 is 24.8 Å². The van der Waals surface area contributed by atoms with E-state index < -0.39 is 83.4 Å². The maximum Gasteiger partial charge on any atom is 0.305 e. The van der Waals surface area contributed by atoms with Gasteiger partial charge in [-0.25, -0.2) is 8.78 Å². The molecule has 2 aromatic carbocycles. The highest BCUT2D eigenvalue weighted by Crippen LogP contribution is 2.26. The highest BCUT2D eigenvalue weighted by atomic mass is 35.5. The Morgan fingerprint density at radius 2 is 1.76 bits per heavy atom. The Bertz CT molecular complexity index is 1330. The summed E-state index contributed by atoms with van der Waals surface area (Å²) >= 11 is 6.05. The molecule has 0 saturated carbocycles. The predicted octanol–water partition coefficient (Wildman–Crippen LogP) is 2.09. The summed E-state index contributed by atoms with van der Waals surface area (Å²) in [5.74, 6) is -15.5. The standard InChI is InChI=1S/C26H23ClF4N2O8/c27-15-4-2-1-3-13(15)7-19(34)26(39)33-5-6-40-11-14(10-33)25(38)32-18(9-21(36)37)20(35)12-41-24-22(30)16(28)8-17(29)23(24)31/h1-4,8,14,18H,5-7,9-12H2,(H,32,38)(H,36,37)/t14-,18-/m0/s1. The number of nitrogens with zero attached hydrogens (tertiary/aromatic N) is 1. The van der Waals surface area contributed by atoms with Crippen LogP contribution in [0.4, 0.5) is 17.6 Å². The summed E-state index contributed by atoms with van der Waals surface area (Å²) in [6, 6.07) is 4.56. The molecule has 2 amide bonds. The monoisotopic (exact) mass is 602 g/mol. The van der Waals surface area contributed by atoms with Crippen LogP contribution in [0.2, 0.25) is 5.02 Å². The lowest BCUT2D eigenvalue weighted by atomic mass is 10.0. The molecular weight excluding hydrogens is 580 g/mol. The molecule has 10 nitrogen and oxygen atoms in total. The Morgan fingerprint density at radius 1 is 1.10 bits per heavy atom. The molecule has 0 spiro atoms. The predicted molar refractivity (Wildman–Crippen MR) is 132 cm³/mol. The van der Waals surface area contributed by atoms with Crippen molar-refractivity contribution in [3.8, 4) is 5.75 Å². The number of benzene rings is 2. The number of nitrogens with one attached hydrogen (secondary N) is 1. The second-order valence-corrected chi connectivity index (χ2v) is 9.33. The van der Waals surface area contributed by atoms with E-state index in [9.17, 15) is 46.6 Å². The Balaban J connectivity index is 1.67. The number of carbonyl (C=O) groups excluding carboxylic acids is 4. The quantitative estimate of drug-likeness (QED) is 0.226. The van der Waals surface area contributed by atoms with Crippen LogP contribution in [0.3, 0.4) is 0 Å². The van der Waals surface area contributed by atoms with Crippen LogP contribution in [0, 0.1) is 29.2 Å². The summed E-state index contributed by atoms with van der Waals surface area (Å²) in [7, 11) is 0. The van der Waals surface area contributed by atoms with Gasteiger partial charge in [-0.3, -0.25) is 24.0 Å². The van der Waals surface area contributed by atoms with Crippen LogP contribution in [0.25, 0.3) is 0 Å². The van der Waals surface area contributed by atoms with Gasteiger partial charge in [0.15, 0.2) is 23.2 Å². The summed E-state index contributed by atoms with van der Waals surface area (Å²) in [5, 5.41) is 11.6. The Kier molecular flexibility index (Phi) is 10.8. The van der Waals surface area contributed by atoms with Gasteiger partial charge in [-0.05, 0) is 11.6 Å². The van der Waals surface area contributed by atoms with Gasteiger partial charge >= 0.3 is 5.97 Å². The fraction of sp³-hybridized carbons (Fsp3) is 0.346. The maximum atomic E-state index is 13.8. The van der Waals surface area contributed by atoms with Gasteiger partial charge in [0.05, 0.1) is 25.6 Å². The zero-order valence-electron chi connectivity index (χ0n) is 21.1. The number of ether oxygens (including phenoxy) is 2. The van der Waals surface area contributed by atoms with E-state index in [0.29, 0.717) is 5.56 Å². The number of Topliss-reactive ketones (excluding diaryl/α,β-unsaturated/α-hetero) is 2. The van der Waals surface area contributed by atoms with Crippen molar-refractivity contribution in [2.45, 2.75) is 18.9 Å². The number of rotatable bonds is 11. The number of carboxylic acid groups (broad SMARTS) is 1. The zero-order chi connectivity index (χ0) is 30.3. The fourth-order valence-electron chi connectivity index (χ4n) is 3.85. The molecule has 0 unspecified atom stereocenters. The first-order valence-corrected chi connectivity index (χ1v) is 12.4. The second kappa shape index (κ2) is 14.0. The Labute approximate surface area is 235 Å². The van der Waals surface area contributed by atoms with E-state index in [1.165, 1.54) is 0 Å². The van der Waals surface area contributed by atoms with Crippen LogP contribution in [0.15, 0.2) is 30.3 Å². The number of hydrogen-bond donors (Lipinski definition) is 2. The molecule has 41 heavy (non-hydrogen) atoms. The van der Waals surface area contributed by atoms with Gasteiger partial charge in [-0.1, -0.05) is 29.8 Å². The van der Waals surface area contributed by atoms with Crippen molar-refractivity contribution in [2.24, 2.45) is 5.92 Å². The average Bonchev–Trinajstić information content (AvgIpc) is 3.18. The molecule has 1 fully saturated rings. The van der Waals surface area contributed by atoms with E-state index >= 15 is 0 Å². The molecule has 0 aliphatic carbocycles. The summed E-state index contributed by atoms with van der Waals surface area (Å²) in [5.41, 5.74) is 0.422. The van der Waals surface area contributed by atoms with Crippen LogP contribution >= 0.6 is 11.6 Å². The molecule has 2 aromatic rings. The summed E-state index contributed by atoms with van der Waals surface area (Å²) in [6.45, 7) is -1.89. The highest BCUT2D eigenvalue weighted by molar-refractivity contribution is 6.37. The Morgan fingerprint density at radius 3 is 2.39 bits per heavy atom. The average molecular weight is 603 g/mol. The first-order valence-electron chi connectivity index (χ1n) is 12.0. The molecule has 1 heterocycles. The van der Waals surface area contributed by atoms with Crippen molar-refractivity contribution in [1.29, 1.82) is 0 Å². The second-order valence-electron chi connectivity index (χ2n) is 8.93. The molecule has 0 bridgehead atoms. The zero-order valence-corrected chi connectivity index (χ0v) is 21.9. The van der Waals surface area contributed by atoms with E-state index in [4.69, 9.17) is 16.3 Å². The van der Waals surface area contributed by atoms with E-state index in [1.54, 1.807) is 24.3 Å². The van der Waals surface area contributed by atoms with Crippen molar-refractivity contribution in [2.75, 3.05) is 32.9 Å². The first kappa shape index (κ1) is 31.5. The molecule has 15 heteroatoms. The molecule has 0 aromatic heterocycles. The molecule has 1 saturated heterocycles. The van der Waals surface area contributed by atoms with E-state index in [0.717, 1.165) is 4.90 Å². The third kappa shape index (κ3) is 8.24. The maximum absolute atomic E-state index is 13.8. The van der Waals surface area contributed by atoms with Crippen molar-refractivity contribution in [3.05, 3.63) is 64.2 Å². The smallest absolute Gasteiger partial charge is 0.305 e. The van der Waals surface area contributed by atoms with Crippen LogP contribution in [0.5, 0.6) is 5.75 Å². The van der Waals surface area contributed by atoms with Crippen molar-refractivity contribution >= 4 is 41.0 Å². The summed E-state index contributed by atoms with van der Waals surface area (Å²) in [6.07, 6.45) is -1.28. The van der Waals surface area contributed by atoms with Gasteiger partial charge in [-0.15, -0.1) is 0 Å². The van der Waals surface area contributed by atoms with Crippen LogP contribution < -0.4 is 10.1 Å². The number of carboxylic acids is 1. The van der Waals surface area contributed by atoms with Gasteiger partial charge in [0.25, 0.3) is 5.91 Å². The molecule has 1 aliphatic rings. The number of carbonyl (C=O) groups is 5. The first-order chi connectivity index (χ1) is 19.4. The number of halogens is 5. The molecular formula is C26H23ClF4N2O8. The lowest BCUT2D eigenvalue weighted by Gasteiger charge is -2.24. The van der Waals surface area contributed by atoms with E-state index in [2.05, 4.69) is 10.1 Å². The van der Waals surface area contributed by atoms with Gasteiger partial charge in [-0.2, -0.15) is 8.78 Å². The van der Waals surface area contributed by atoms with Gasteiger partial charge in [0, 0.05) is 30.6 Å². The largest absolute Gasteiger partial charge is 0.481 e. The molecule has 2 N–H and O–H groups in total. The molecule has 2 atom stereocenters. The van der Waals surface area contributed by atoms with Crippen molar-refractivity contribution in [1.82, 2.24) is 10.2 Å². The molecule has 1 aliphatic heterocycles. The minimum Gasteiger partial charge on any atom is -0.481 e. The molecule has 220 valence electrons. The van der Waals surface area contributed by atoms with Gasteiger partial charge in [0.1, 0.15) is 12.6 Å². The highest BCUT2D eigenvalue weighted by Gasteiger charge is 2.33. The van der Waals surface area contributed by atoms with E-state index in [-0.39, 0.29) is 43.8 Å². The van der Waals surface area contributed by atoms with Crippen LogP contribution in [-0.2, 0) is 35.1 Å². The van der Waals surface area contributed by atoms with Crippen LogP contribution in [0.1, 0.15) is 12.0 Å². The van der Waals surface area contributed by atoms with Crippen LogP contribution in [-0.4, -0.2) is 78.3 Å². The minimum atomic E-state index is -1.92. The lowest BCUT2D eigenvalue weighted by Crippen LogP contribution is -2.50. The topological polar surface area (TPSA) is 139 Å². The molecule has 3 rings (SSSR count). The van der Waals surface area contributed by atoms with E-state index in [1.807, 2.05) is 0 Å². The Hall–Kier alpha value is -4.04. The number of hydrogen-bond acceptors (Lipinski definition) is 7. The van der Waals surface area contributed by atoms with Gasteiger partial charge in [0.2, 0.25) is 23.3 Å². The summed E-state index contributed by atoms with van der Waals surface area (Å²) < 4.78 is 64.4. The lowest BCUT2D eigenvalue weighted by molar-refractivity contribution is -0.145. The third-order valence-corrected chi connectivity index (χ3v) is 6.35. The minimum absolute atomic E-state index is 0.0262. The SMILES string of the molecule is O=C(O)C[C@H](NC(=O)[C@@H]1COCCN(C(=O)C(=O)Cc2ccccc2Cl)C1)C(=O)COc1c(F)c(F)cc(F)c1F. The molecule has 0 radical (unpaired) electrons. The number of amides is 2.